The molecular formula is C27H27F3N2O2. The van der Waals surface area contributed by atoms with Crippen LogP contribution in [0.25, 0.3) is 0 Å². The molecule has 0 bridgehead atoms. The molecule has 2 fully saturated rings. The summed E-state index contributed by atoms with van der Waals surface area (Å²) in [4.78, 5) is 2.50. The Morgan fingerprint density at radius 3 is 2.18 bits per heavy atom. The third-order valence-corrected chi connectivity index (χ3v) is 6.60. The van der Waals surface area contributed by atoms with E-state index in [4.69, 9.17) is 4.74 Å². The van der Waals surface area contributed by atoms with Gasteiger partial charge in [0.1, 0.15) is 17.2 Å². The van der Waals surface area contributed by atoms with Crippen LogP contribution in [-0.4, -0.2) is 30.9 Å². The minimum absolute atomic E-state index is 0.176. The number of benzene rings is 3. The standard InChI is InChI=1S/C27H27F3N2O2/c28-27(29,30)34-23-8-4-5-20(13-23)14-31-15-24-25-17-32(18-26(24)25)16-19-9-11-22(12-10-19)33-21-6-2-1-3-7-21/h1-13,24-26,31H,14-18H2. The summed E-state index contributed by atoms with van der Waals surface area (Å²) in [5, 5.41) is 3.40. The number of piperidine rings is 1. The molecule has 1 heterocycles. The van der Waals surface area contributed by atoms with E-state index >= 15 is 0 Å². The Hall–Kier alpha value is -3.03. The topological polar surface area (TPSA) is 33.7 Å². The summed E-state index contributed by atoms with van der Waals surface area (Å²) in [6, 6.07) is 24.2. The van der Waals surface area contributed by atoms with Crippen LogP contribution in [0.4, 0.5) is 13.2 Å². The van der Waals surface area contributed by atoms with Crippen molar-refractivity contribution < 1.29 is 22.6 Å². The van der Waals surface area contributed by atoms with Crippen molar-refractivity contribution in [3.63, 3.8) is 0 Å². The van der Waals surface area contributed by atoms with Crippen LogP contribution >= 0.6 is 0 Å². The predicted octanol–water partition coefficient (Wildman–Crippen LogP) is 5.85. The minimum atomic E-state index is -4.67. The second kappa shape index (κ2) is 9.68. The van der Waals surface area contributed by atoms with Crippen LogP contribution in [0, 0.1) is 17.8 Å². The zero-order chi connectivity index (χ0) is 23.5. The molecule has 34 heavy (non-hydrogen) atoms. The quantitative estimate of drug-likeness (QED) is 0.428. The van der Waals surface area contributed by atoms with Gasteiger partial charge in [-0.15, -0.1) is 13.2 Å². The van der Waals surface area contributed by atoms with Gasteiger partial charge in [-0.25, -0.2) is 0 Å². The van der Waals surface area contributed by atoms with Gasteiger partial charge in [0.2, 0.25) is 0 Å². The molecule has 7 heteroatoms. The van der Waals surface area contributed by atoms with Gasteiger partial charge >= 0.3 is 6.36 Å². The van der Waals surface area contributed by atoms with Crippen molar-refractivity contribution in [3.05, 3.63) is 90.0 Å². The number of nitrogens with one attached hydrogen (secondary N) is 1. The molecule has 1 aliphatic carbocycles. The summed E-state index contributed by atoms with van der Waals surface area (Å²) in [6.07, 6.45) is -4.67. The third kappa shape index (κ3) is 5.90. The molecule has 1 aliphatic heterocycles. The van der Waals surface area contributed by atoms with Gasteiger partial charge in [0, 0.05) is 26.2 Å². The lowest BCUT2D eigenvalue weighted by Gasteiger charge is -2.20. The first-order valence-corrected chi connectivity index (χ1v) is 11.5. The lowest BCUT2D eigenvalue weighted by Crippen LogP contribution is -2.27. The molecule has 2 unspecified atom stereocenters. The summed E-state index contributed by atoms with van der Waals surface area (Å²) in [7, 11) is 0. The first-order chi connectivity index (χ1) is 16.4. The van der Waals surface area contributed by atoms with Crippen molar-refractivity contribution in [1.29, 1.82) is 0 Å². The highest BCUT2D eigenvalue weighted by atomic mass is 19.4. The lowest BCUT2D eigenvalue weighted by atomic mass is 10.2. The van der Waals surface area contributed by atoms with Crippen molar-refractivity contribution in [3.8, 4) is 17.2 Å². The molecule has 2 atom stereocenters. The number of para-hydroxylation sites is 1. The van der Waals surface area contributed by atoms with E-state index in [9.17, 15) is 13.2 Å². The van der Waals surface area contributed by atoms with E-state index < -0.39 is 6.36 Å². The largest absolute Gasteiger partial charge is 0.573 e. The minimum Gasteiger partial charge on any atom is -0.457 e. The van der Waals surface area contributed by atoms with Crippen LogP contribution in [0.3, 0.4) is 0 Å². The zero-order valence-electron chi connectivity index (χ0n) is 18.7. The van der Waals surface area contributed by atoms with E-state index in [1.807, 2.05) is 48.5 Å². The van der Waals surface area contributed by atoms with Crippen LogP contribution in [0.2, 0.25) is 0 Å². The van der Waals surface area contributed by atoms with Gasteiger partial charge in [-0.2, -0.15) is 0 Å². The van der Waals surface area contributed by atoms with Crippen LogP contribution in [0.5, 0.6) is 17.2 Å². The maximum absolute atomic E-state index is 12.4. The molecule has 0 spiro atoms. The van der Waals surface area contributed by atoms with E-state index in [1.54, 1.807) is 6.07 Å². The fourth-order valence-corrected chi connectivity index (χ4v) is 4.95. The second-order valence-corrected chi connectivity index (χ2v) is 9.07. The number of likely N-dealkylation sites (tertiary alicyclic amines) is 1. The van der Waals surface area contributed by atoms with Gasteiger partial charge in [0.15, 0.2) is 0 Å². The average molecular weight is 469 g/mol. The maximum Gasteiger partial charge on any atom is 0.573 e. The summed E-state index contributed by atoms with van der Waals surface area (Å²) < 4.78 is 47.0. The van der Waals surface area contributed by atoms with E-state index in [0.717, 1.165) is 43.2 Å². The molecule has 3 aromatic rings. The normalized spacial score (nSPS) is 21.8. The van der Waals surface area contributed by atoms with Gasteiger partial charge < -0.3 is 14.8 Å². The summed E-state index contributed by atoms with van der Waals surface area (Å²) >= 11 is 0. The Labute approximate surface area is 197 Å². The Bertz CT molecular complexity index is 1080. The van der Waals surface area contributed by atoms with Gasteiger partial charge in [0.25, 0.3) is 0 Å². The molecule has 3 aromatic carbocycles. The number of nitrogens with zero attached hydrogens (tertiary/aromatic N) is 1. The van der Waals surface area contributed by atoms with E-state index in [2.05, 4.69) is 27.1 Å². The predicted molar refractivity (Wildman–Crippen MR) is 124 cm³/mol. The molecular weight excluding hydrogens is 441 g/mol. The second-order valence-electron chi connectivity index (χ2n) is 9.07. The van der Waals surface area contributed by atoms with Gasteiger partial charge in [-0.05, 0) is 71.8 Å². The van der Waals surface area contributed by atoms with Crippen LogP contribution < -0.4 is 14.8 Å². The van der Waals surface area contributed by atoms with Gasteiger partial charge in [-0.3, -0.25) is 4.90 Å². The average Bonchev–Trinajstić information content (AvgIpc) is 3.25. The Kier molecular flexibility index (Phi) is 6.48. The van der Waals surface area contributed by atoms with E-state index in [-0.39, 0.29) is 5.75 Å². The summed E-state index contributed by atoms with van der Waals surface area (Å²) in [6.45, 7) is 4.54. The SMILES string of the molecule is FC(F)(F)Oc1cccc(CNCC2C3CN(Cc4ccc(Oc5ccccc5)cc4)CC23)c1. The van der Waals surface area contributed by atoms with Gasteiger partial charge in [-0.1, -0.05) is 42.5 Å². The maximum atomic E-state index is 12.4. The number of hydrogen-bond donors (Lipinski definition) is 1. The fraction of sp³-hybridized carbons (Fsp3) is 0.333. The number of alkyl halides is 3. The Morgan fingerprint density at radius 1 is 0.794 bits per heavy atom. The summed E-state index contributed by atoms with van der Waals surface area (Å²) in [5.41, 5.74) is 2.06. The number of fused-ring (bicyclic) bond motifs is 1. The molecule has 0 radical (unpaired) electrons. The third-order valence-electron chi connectivity index (χ3n) is 6.60. The van der Waals surface area contributed by atoms with Crippen LogP contribution in [-0.2, 0) is 13.1 Å². The van der Waals surface area contributed by atoms with Gasteiger partial charge in [0.05, 0.1) is 0 Å². The van der Waals surface area contributed by atoms with Crippen molar-refractivity contribution in [1.82, 2.24) is 10.2 Å². The van der Waals surface area contributed by atoms with Crippen LogP contribution in [0.1, 0.15) is 11.1 Å². The molecule has 1 saturated heterocycles. The number of ether oxygens (including phenoxy) is 2. The Balaban J connectivity index is 1.03. The smallest absolute Gasteiger partial charge is 0.457 e. The molecule has 0 aromatic heterocycles. The lowest BCUT2D eigenvalue weighted by molar-refractivity contribution is -0.274. The molecule has 5 rings (SSSR count). The highest BCUT2D eigenvalue weighted by molar-refractivity contribution is 5.33. The van der Waals surface area contributed by atoms with Crippen molar-refractivity contribution >= 4 is 0 Å². The van der Waals surface area contributed by atoms with E-state index in [0.29, 0.717) is 24.3 Å². The first kappa shape index (κ1) is 22.7. The molecule has 1 saturated carbocycles. The molecule has 2 aliphatic rings. The van der Waals surface area contributed by atoms with Crippen molar-refractivity contribution in [2.75, 3.05) is 19.6 Å². The number of hydrogen-bond acceptors (Lipinski definition) is 4. The van der Waals surface area contributed by atoms with E-state index in [1.165, 1.54) is 17.7 Å². The highest BCUT2D eigenvalue weighted by Gasteiger charge is 2.54. The number of halogens is 3. The molecule has 1 N–H and O–H groups in total. The fourth-order valence-electron chi connectivity index (χ4n) is 4.95. The molecule has 0 amide bonds. The molecule has 178 valence electrons. The monoisotopic (exact) mass is 468 g/mol. The zero-order valence-corrected chi connectivity index (χ0v) is 18.7. The highest BCUT2D eigenvalue weighted by Crippen LogP contribution is 2.51. The Morgan fingerprint density at radius 2 is 1.47 bits per heavy atom. The van der Waals surface area contributed by atoms with Crippen molar-refractivity contribution in [2.24, 2.45) is 17.8 Å². The molecule has 4 nitrogen and oxygen atoms in total. The van der Waals surface area contributed by atoms with Crippen molar-refractivity contribution in [2.45, 2.75) is 19.5 Å². The summed E-state index contributed by atoms with van der Waals surface area (Å²) in [5.74, 6) is 3.54. The number of rotatable bonds is 9. The van der Waals surface area contributed by atoms with Crippen LogP contribution in [0.15, 0.2) is 78.9 Å². The first-order valence-electron chi connectivity index (χ1n) is 11.5.